The van der Waals surface area contributed by atoms with Gasteiger partial charge in [0.25, 0.3) is 0 Å². The van der Waals surface area contributed by atoms with Crippen molar-refractivity contribution in [1.82, 2.24) is 4.90 Å². The van der Waals surface area contributed by atoms with Crippen LogP contribution in [0.2, 0.25) is 0 Å². The zero-order valence-electron chi connectivity index (χ0n) is 14.0. The Hall–Kier alpha value is -1.06. The Morgan fingerprint density at radius 2 is 1.67 bits per heavy atom. The molecule has 1 aromatic rings. The van der Waals surface area contributed by atoms with Gasteiger partial charge in [-0.25, -0.2) is 0 Å². The van der Waals surface area contributed by atoms with E-state index in [4.69, 9.17) is 5.11 Å². The van der Waals surface area contributed by atoms with Crippen LogP contribution in [0, 0.1) is 0 Å². The van der Waals surface area contributed by atoms with Crippen molar-refractivity contribution in [3.05, 3.63) is 29.3 Å². The van der Waals surface area contributed by atoms with Gasteiger partial charge in [0.05, 0.1) is 0 Å². The molecule has 0 atom stereocenters. The standard InChI is InChI=1S/C17H26N2.CH4O/c1-13(2)16-7-6-15(12-17(16)14-4-5-14)19-10-8-18(3)9-11-19;1-2/h6-7,12-14H,4-5,8-11H2,1-3H3;2H,1H3. The third-order valence-electron chi connectivity index (χ3n) is 4.58. The van der Waals surface area contributed by atoms with E-state index in [-0.39, 0.29) is 0 Å². The summed E-state index contributed by atoms with van der Waals surface area (Å²) in [7, 11) is 3.22. The predicted molar refractivity (Wildman–Crippen MR) is 90.4 cm³/mol. The molecule has 3 nitrogen and oxygen atoms in total. The largest absolute Gasteiger partial charge is 0.400 e. The Bertz CT molecular complexity index is 447. The molecule has 118 valence electrons. The fraction of sp³-hybridized carbons (Fsp3) is 0.667. The molecule has 1 saturated heterocycles. The molecule has 1 aromatic carbocycles. The molecule has 21 heavy (non-hydrogen) atoms. The zero-order chi connectivity index (χ0) is 15.4. The molecule has 0 spiro atoms. The summed E-state index contributed by atoms with van der Waals surface area (Å²) in [5.41, 5.74) is 4.64. The molecule has 1 aliphatic heterocycles. The summed E-state index contributed by atoms with van der Waals surface area (Å²) in [6, 6.07) is 7.21. The number of anilines is 1. The van der Waals surface area contributed by atoms with Gasteiger partial charge < -0.3 is 14.9 Å². The summed E-state index contributed by atoms with van der Waals surface area (Å²) in [5.74, 6) is 1.50. The van der Waals surface area contributed by atoms with Gasteiger partial charge >= 0.3 is 0 Å². The molecule has 0 bridgehead atoms. The van der Waals surface area contributed by atoms with E-state index in [0.29, 0.717) is 5.92 Å². The van der Waals surface area contributed by atoms with Crippen molar-refractivity contribution < 1.29 is 5.11 Å². The quantitative estimate of drug-likeness (QED) is 0.927. The highest BCUT2D eigenvalue weighted by atomic mass is 16.2. The van der Waals surface area contributed by atoms with E-state index in [1.54, 1.807) is 11.1 Å². The van der Waals surface area contributed by atoms with Crippen molar-refractivity contribution in [2.45, 2.75) is 38.5 Å². The number of aliphatic hydroxyl groups excluding tert-OH is 1. The average molecular weight is 290 g/mol. The van der Waals surface area contributed by atoms with Gasteiger partial charge in [0.15, 0.2) is 0 Å². The maximum atomic E-state index is 7.00. The van der Waals surface area contributed by atoms with E-state index in [2.05, 4.69) is 48.9 Å². The molecule has 0 aromatic heterocycles. The summed E-state index contributed by atoms with van der Waals surface area (Å²) in [6.45, 7) is 9.34. The summed E-state index contributed by atoms with van der Waals surface area (Å²) in [6.07, 6.45) is 2.79. The lowest BCUT2D eigenvalue weighted by molar-refractivity contribution is 0.313. The van der Waals surface area contributed by atoms with Crippen molar-refractivity contribution in [3.8, 4) is 0 Å². The van der Waals surface area contributed by atoms with Crippen LogP contribution >= 0.6 is 0 Å². The second kappa shape index (κ2) is 7.28. The lowest BCUT2D eigenvalue weighted by Crippen LogP contribution is -2.44. The SMILES string of the molecule is CC(C)c1ccc(N2CCN(C)CC2)cc1C1CC1.CO. The molecule has 3 heteroatoms. The van der Waals surface area contributed by atoms with Crippen LogP contribution in [0.5, 0.6) is 0 Å². The van der Waals surface area contributed by atoms with Gasteiger partial charge in [0.2, 0.25) is 0 Å². The van der Waals surface area contributed by atoms with Crippen LogP contribution in [0.1, 0.15) is 49.7 Å². The van der Waals surface area contributed by atoms with E-state index in [1.165, 1.54) is 44.7 Å². The minimum Gasteiger partial charge on any atom is -0.400 e. The van der Waals surface area contributed by atoms with Crippen molar-refractivity contribution >= 4 is 5.69 Å². The van der Waals surface area contributed by atoms with Crippen LogP contribution in [-0.2, 0) is 0 Å². The lowest BCUT2D eigenvalue weighted by Gasteiger charge is -2.34. The maximum Gasteiger partial charge on any atom is 0.0370 e. The Morgan fingerprint density at radius 3 is 2.19 bits per heavy atom. The maximum absolute atomic E-state index is 7.00. The molecular formula is C18H30N2O. The van der Waals surface area contributed by atoms with Gasteiger partial charge in [0.1, 0.15) is 0 Å². The molecule has 0 radical (unpaired) electrons. The molecule has 1 N–H and O–H groups in total. The summed E-state index contributed by atoms with van der Waals surface area (Å²) in [4.78, 5) is 4.97. The van der Waals surface area contributed by atoms with Crippen LogP contribution in [0.3, 0.4) is 0 Å². The van der Waals surface area contributed by atoms with Gasteiger partial charge in [-0.15, -0.1) is 0 Å². The molecule has 0 amide bonds. The van der Waals surface area contributed by atoms with Gasteiger partial charge in [-0.3, -0.25) is 0 Å². The van der Waals surface area contributed by atoms with Gasteiger partial charge in [-0.05, 0) is 55.0 Å². The third kappa shape index (κ3) is 3.98. The zero-order valence-corrected chi connectivity index (χ0v) is 14.0. The van der Waals surface area contributed by atoms with Crippen molar-refractivity contribution in [1.29, 1.82) is 0 Å². The molecular weight excluding hydrogens is 260 g/mol. The summed E-state index contributed by atoms with van der Waals surface area (Å²) < 4.78 is 0. The number of hydrogen-bond acceptors (Lipinski definition) is 3. The number of nitrogens with zero attached hydrogens (tertiary/aromatic N) is 2. The Morgan fingerprint density at radius 1 is 1.05 bits per heavy atom. The smallest absolute Gasteiger partial charge is 0.0370 e. The number of hydrogen-bond donors (Lipinski definition) is 1. The average Bonchev–Trinajstić information content (AvgIpc) is 3.34. The lowest BCUT2D eigenvalue weighted by atomic mass is 9.93. The first-order valence-corrected chi connectivity index (χ1v) is 8.17. The molecule has 2 aliphatic rings. The molecule has 3 rings (SSSR count). The molecule has 1 heterocycles. The second-order valence-corrected chi connectivity index (χ2v) is 6.53. The molecule has 2 fully saturated rings. The normalized spacial score (nSPS) is 19.4. The van der Waals surface area contributed by atoms with Gasteiger partial charge in [-0.2, -0.15) is 0 Å². The van der Waals surface area contributed by atoms with E-state index < -0.39 is 0 Å². The highest BCUT2D eigenvalue weighted by Gasteiger charge is 2.27. The topological polar surface area (TPSA) is 26.7 Å². The van der Waals surface area contributed by atoms with Crippen molar-refractivity contribution in [3.63, 3.8) is 0 Å². The molecule has 1 aliphatic carbocycles. The fourth-order valence-corrected chi connectivity index (χ4v) is 3.10. The number of likely N-dealkylation sites (N-methyl/N-ethyl adjacent to an activating group) is 1. The Balaban J connectivity index is 0.000000774. The predicted octanol–water partition coefficient (Wildman–Crippen LogP) is 3.05. The minimum absolute atomic E-state index is 0.650. The first-order chi connectivity index (χ1) is 10.1. The van der Waals surface area contributed by atoms with E-state index in [0.717, 1.165) is 13.0 Å². The van der Waals surface area contributed by atoms with E-state index in [9.17, 15) is 0 Å². The van der Waals surface area contributed by atoms with Crippen molar-refractivity contribution in [2.24, 2.45) is 0 Å². The number of aliphatic hydroxyl groups is 1. The number of benzene rings is 1. The number of rotatable bonds is 3. The summed E-state index contributed by atoms with van der Waals surface area (Å²) in [5, 5.41) is 7.00. The van der Waals surface area contributed by atoms with Crippen LogP contribution in [-0.4, -0.2) is 50.3 Å². The molecule has 0 unspecified atom stereocenters. The van der Waals surface area contributed by atoms with E-state index in [1.807, 2.05) is 0 Å². The van der Waals surface area contributed by atoms with Gasteiger partial charge in [0, 0.05) is 39.0 Å². The van der Waals surface area contributed by atoms with Gasteiger partial charge in [-0.1, -0.05) is 19.9 Å². The highest BCUT2D eigenvalue weighted by molar-refractivity contribution is 5.53. The highest BCUT2D eigenvalue weighted by Crippen LogP contribution is 2.44. The minimum atomic E-state index is 0.650. The van der Waals surface area contributed by atoms with E-state index >= 15 is 0 Å². The van der Waals surface area contributed by atoms with Crippen LogP contribution in [0.15, 0.2) is 18.2 Å². The Kier molecular flexibility index (Phi) is 5.65. The Labute approximate surface area is 129 Å². The first-order valence-electron chi connectivity index (χ1n) is 8.17. The first kappa shape index (κ1) is 16.3. The van der Waals surface area contributed by atoms with Crippen LogP contribution < -0.4 is 4.90 Å². The van der Waals surface area contributed by atoms with Crippen molar-refractivity contribution in [2.75, 3.05) is 45.2 Å². The number of piperazine rings is 1. The summed E-state index contributed by atoms with van der Waals surface area (Å²) >= 11 is 0. The molecule has 1 saturated carbocycles. The third-order valence-corrected chi connectivity index (χ3v) is 4.58. The van der Waals surface area contributed by atoms with Crippen LogP contribution in [0.4, 0.5) is 5.69 Å². The monoisotopic (exact) mass is 290 g/mol. The van der Waals surface area contributed by atoms with Crippen LogP contribution in [0.25, 0.3) is 0 Å². The fourth-order valence-electron chi connectivity index (χ4n) is 3.10. The second-order valence-electron chi connectivity index (χ2n) is 6.53.